The second kappa shape index (κ2) is 16.4. The van der Waals surface area contributed by atoms with Crippen LogP contribution in [0.15, 0.2) is 107 Å². The van der Waals surface area contributed by atoms with Gasteiger partial charge in [-0.25, -0.2) is 8.78 Å². The molecule has 12 heteroatoms. The van der Waals surface area contributed by atoms with Crippen LogP contribution >= 0.6 is 11.8 Å². The number of piperidine rings is 1. The highest BCUT2D eigenvalue weighted by molar-refractivity contribution is 7.98. The van der Waals surface area contributed by atoms with E-state index < -0.39 is 83.7 Å². The molecule has 2 heterocycles. The number of likely N-dealkylation sites (tertiary alicyclic amines) is 1. The summed E-state index contributed by atoms with van der Waals surface area (Å²) in [5, 5.41) is -0.449. The fraction of sp³-hybridized carbons (Fsp3) is 0.300. The quantitative estimate of drug-likeness (QED) is 0.0950. The van der Waals surface area contributed by atoms with Gasteiger partial charge in [-0.1, -0.05) is 60.7 Å². The number of nitrogens with zero attached hydrogens (tertiary/aromatic N) is 3. The van der Waals surface area contributed by atoms with Gasteiger partial charge in [-0.05, 0) is 59.9 Å². The molecule has 0 radical (unpaired) electrons. The van der Waals surface area contributed by atoms with Crippen LogP contribution in [0.1, 0.15) is 41.9 Å². The molecule has 1 amide bonds. The summed E-state index contributed by atoms with van der Waals surface area (Å²) >= 11 is 0.200. The van der Waals surface area contributed by atoms with Crippen molar-refractivity contribution in [1.29, 1.82) is 0 Å². The van der Waals surface area contributed by atoms with Crippen molar-refractivity contribution < 1.29 is 43.8 Å². The lowest BCUT2D eigenvalue weighted by atomic mass is 10.00. The lowest BCUT2D eigenvalue weighted by Gasteiger charge is -2.39. The maximum Gasteiger partial charge on any atom is 0.416 e. The molecule has 1 fully saturated rings. The Kier molecular flexibility index (Phi) is 8.58. The first-order valence-electron chi connectivity index (χ1n) is 20.6. The molecule has 6 nitrogen and oxygen atoms in total. The predicted octanol–water partition coefficient (Wildman–Crippen LogP) is 8.40. The van der Waals surface area contributed by atoms with Crippen LogP contribution in [0.4, 0.5) is 22.0 Å². The highest BCUT2D eigenvalue weighted by atomic mass is 32.2. The van der Waals surface area contributed by atoms with Gasteiger partial charge in [-0.3, -0.25) is 9.59 Å². The van der Waals surface area contributed by atoms with E-state index >= 15 is 0 Å². The number of aromatic nitrogens is 1. The van der Waals surface area contributed by atoms with E-state index in [9.17, 15) is 34.3 Å². The van der Waals surface area contributed by atoms with E-state index in [1.54, 1.807) is 24.3 Å². The average Bonchev–Trinajstić information content (AvgIpc) is 3.19. The third kappa shape index (κ3) is 8.74. The molecule has 272 valence electrons. The highest BCUT2D eigenvalue weighted by Crippen LogP contribution is 2.32. The van der Waals surface area contributed by atoms with Crippen LogP contribution in [0.3, 0.4) is 0 Å². The van der Waals surface area contributed by atoms with Crippen LogP contribution < -0.4 is 5.43 Å². The van der Waals surface area contributed by atoms with E-state index in [1.165, 1.54) is 46.2 Å². The summed E-state index contributed by atoms with van der Waals surface area (Å²) in [6, 6.07) is 19.8. The molecule has 0 unspecified atom stereocenters. The van der Waals surface area contributed by atoms with Crippen molar-refractivity contribution >= 4 is 28.6 Å². The normalized spacial score (nSPS) is 17.8. The zero-order chi connectivity index (χ0) is 44.7. The fourth-order valence-corrected chi connectivity index (χ4v) is 6.74. The SMILES string of the molecule is [2H]C([2H])([2H])OCC([2H])([2H])N1CCC(N(Cc2ccc(-c3ccc(C(F)(F)F)cc3)cc2)C(=O)C([2H])([2H])n2c(SC([2H])([2H])c3cccc(F)c3F)cc(=O)c3ccccc32)CC1. The van der Waals surface area contributed by atoms with E-state index in [-0.39, 0.29) is 55.1 Å². The van der Waals surface area contributed by atoms with Gasteiger partial charge in [0.25, 0.3) is 0 Å². The lowest BCUT2D eigenvalue weighted by Crippen LogP contribution is -2.48. The van der Waals surface area contributed by atoms with Crippen LogP contribution in [0, 0.1) is 11.6 Å². The number of pyridine rings is 1. The molecular formula is C40H38F5N3O3S. The Morgan fingerprint density at radius 3 is 2.35 bits per heavy atom. The number of carbonyl (C=O) groups is 1. The number of para-hydroxylation sites is 1. The first-order chi connectivity index (χ1) is 28.4. The van der Waals surface area contributed by atoms with Gasteiger partial charge in [0.05, 0.1) is 29.6 Å². The molecule has 0 saturated carbocycles. The van der Waals surface area contributed by atoms with Gasteiger partial charge in [0.2, 0.25) is 5.91 Å². The summed E-state index contributed by atoms with van der Waals surface area (Å²) in [5.41, 5.74) is -3.63. The molecule has 6 rings (SSSR count). The molecule has 1 aromatic heterocycles. The van der Waals surface area contributed by atoms with Crippen molar-refractivity contribution in [3.8, 4) is 11.1 Å². The largest absolute Gasteiger partial charge is 0.416 e. The highest BCUT2D eigenvalue weighted by Gasteiger charge is 2.31. The Labute approximate surface area is 315 Å². The summed E-state index contributed by atoms with van der Waals surface area (Å²) in [6.07, 6.45) is -4.38. The molecule has 0 atom stereocenters. The number of fused-ring (bicyclic) bond motifs is 1. The molecule has 0 spiro atoms. The minimum absolute atomic E-state index is 0.0108. The van der Waals surface area contributed by atoms with Gasteiger partial charge in [0.15, 0.2) is 17.1 Å². The number of amides is 1. The first kappa shape index (κ1) is 27.1. The molecule has 4 aromatic carbocycles. The minimum Gasteiger partial charge on any atom is -0.383 e. The van der Waals surface area contributed by atoms with Crippen molar-refractivity contribution in [2.24, 2.45) is 0 Å². The Balaban J connectivity index is 1.38. The Bertz CT molecular complexity index is 2440. The smallest absolute Gasteiger partial charge is 0.383 e. The van der Waals surface area contributed by atoms with Crippen molar-refractivity contribution in [3.63, 3.8) is 0 Å². The van der Waals surface area contributed by atoms with Gasteiger partial charge < -0.3 is 19.1 Å². The number of hydrogen-bond acceptors (Lipinski definition) is 5. The van der Waals surface area contributed by atoms with Crippen LogP contribution in [0.5, 0.6) is 0 Å². The van der Waals surface area contributed by atoms with Crippen molar-refractivity contribution in [2.75, 3.05) is 33.2 Å². The van der Waals surface area contributed by atoms with Crippen molar-refractivity contribution in [2.45, 2.75) is 48.8 Å². The molecule has 0 bridgehead atoms. The molecule has 1 saturated heterocycles. The number of benzene rings is 4. The Morgan fingerprint density at radius 2 is 1.65 bits per heavy atom. The monoisotopic (exact) mass is 744 g/mol. The second-order valence-electron chi connectivity index (χ2n) is 12.0. The summed E-state index contributed by atoms with van der Waals surface area (Å²) in [6.45, 7) is -6.37. The third-order valence-electron chi connectivity index (χ3n) is 8.69. The van der Waals surface area contributed by atoms with Gasteiger partial charge in [-0.2, -0.15) is 13.2 Å². The van der Waals surface area contributed by atoms with Crippen LogP contribution in [0.2, 0.25) is 0 Å². The lowest BCUT2D eigenvalue weighted by molar-refractivity contribution is -0.137. The number of thioether (sulfide) groups is 1. The number of rotatable bonds is 12. The molecule has 52 heavy (non-hydrogen) atoms. The van der Waals surface area contributed by atoms with E-state index in [4.69, 9.17) is 14.3 Å². The predicted molar refractivity (Wildman–Crippen MR) is 193 cm³/mol. The van der Waals surface area contributed by atoms with Crippen molar-refractivity contribution in [3.05, 3.63) is 136 Å². The molecule has 1 aliphatic heterocycles. The Hall–Kier alpha value is -4.52. The number of hydrogen-bond donors (Lipinski definition) is 0. The van der Waals surface area contributed by atoms with Gasteiger partial charge >= 0.3 is 6.18 Å². The van der Waals surface area contributed by atoms with E-state index in [1.807, 2.05) is 0 Å². The fourth-order valence-electron chi connectivity index (χ4n) is 5.97. The summed E-state index contributed by atoms with van der Waals surface area (Å²) < 4.78 is 150. The summed E-state index contributed by atoms with van der Waals surface area (Å²) in [5.74, 6) is -3.99. The number of alkyl halides is 3. The Morgan fingerprint density at radius 1 is 0.962 bits per heavy atom. The topological polar surface area (TPSA) is 54.8 Å². The minimum atomic E-state index is -4.53. The zero-order valence-corrected chi connectivity index (χ0v) is 28.2. The maximum atomic E-state index is 15.0. The van der Waals surface area contributed by atoms with Crippen LogP contribution in [-0.4, -0.2) is 59.5 Å². The third-order valence-corrected chi connectivity index (χ3v) is 9.52. The first-order valence-corrected chi connectivity index (χ1v) is 17.0. The van der Waals surface area contributed by atoms with E-state index in [0.29, 0.717) is 16.7 Å². The van der Waals surface area contributed by atoms with Gasteiger partial charge in [0.1, 0.15) is 6.50 Å². The number of carbonyl (C=O) groups excluding carboxylic acids is 1. The maximum absolute atomic E-state index is 15.0. The number of halogens is 5. The number of ether oxygens (including phenoxy) is 1. The van der Waals surface area contributed by atoms with E-state index in [0.717, 1.165) is 41.0 Å². The van der Waals surface area contributed by atoms with Gasteiger partial charge in [-0.15, -0.1) is 11.8 Å². The second-order valence-corrected chi connectivity index (χ2v) is 12.8. The summed E-state index contributed by atoms with van der Waals surface area (Å²) in [4.78, 5) is 30.9. The standard InChI is InChI=1S/C40H38F5N3O3S/c1-51-22-21-46-19-17-32(18-20-46)47(24-27-9-11-28(12-10-27)29-13-15-31(16-14-29)40(43,44)45)37(50)25-48-35-8-3-2-6-33(35)36(49)23-38(48)52-26-30-5-4-7-34(41)39(30)42/h2-16,23,32H,17-22,24-26H2,1H3/i1D3,21D2,25D2,26D2. The zero-order valence-electron chi connectivity index (χ0n) is 36.4. The molecule has 0 aliphatic carbocycles. The van der Waals surface area contributed by atoms with Gasteiger partial charge in [0, 0.05) is 67.4 Å². The van der Waals surface area contributed by atoms with Crippen LogP contribution in [-0.2, 0) is 34.5 Å². The summed E-state index contributed by atoms with van der Waals surface area (Å²) in [7, 11) is -2.85. The molecular weight excluding hydrogens is 698 g/mol. The van der Waals surface area contributed by atoms with Crippen LogP contribution in [0.25, 0.3) is 22.0 Å². The molecule has 0 N–H and O–H groups in total. The molecule has 5 aromatic rings. The van der Waals surface area contributed by atoms with Crippen molar-refractivity contribution in [1.82, 2.24) is 14.4 Å². The molecule has 1 aliphatic rings. The number of methoxy groups -OCH3 is 1. The average molecular weight is 745 g/mol. The van der Waals surface area contributed by atoms with E-state index in [2.05, 4.69) is 0 Å².